The van der Waals surface area contributed by atoms with Gasteiger partial charge in [-0.05, 0) is 74.6 Å². The number of rotatable bonds is 16. The molecule has 0 fully saturated rings. The zero-order valence-electron chi connectivity index (χ0n) is 21.9. The highest BCUT2D eigenvalue weighted by Crippen LogP contribution is 2.22. The molecular formula is C29H44F2N2O. The summed E-state index contributed by atoms with van der Waals surface area (Å²) in [5.74, 6) is -0.822. The summed E-state index contributed by atoms with van der Waals surface area (Å²) in [6.07, 6.45) is 8.70. The molecule has 0 bridgehead atoms. The van der Waals surface area contributed by atoms with E-state index >= 15 is 0 Å². The number of aryl methyl sites for hydroxylation is 1. The first-order valence-corrected chi connectivity index (χ1v) is 12.6. The van der Waals surface area contributed by atoms with Gasteiger partial charge in [0.15, 0.2) is 11.6 Å². The van der Waals surface area contributed by atoms with E-state index in [9.17, 15) is 13.6 Å². The van der Waals surface area contributed by atoms with Crippen LogP contribution in [0.25, 0.3) is 0 Å². The third-order valence-electron chi connectivity index (χ3n) is 6.43. The van der Waals surface area contributed by atoms with Crippen LogP contribution in [0.5, 0.6) is 0 Å². The molecule has 0 saturated heterocycles. The average Bonchev–Trinajstić information content (AvgIpc) is 2.81. The van der Waals surface area contributed by atoms with Crippen LogP contribution in [-0.2, 0) is 11.2 Å². The molecule has 0 heterocycles. The van der Waals surface area contributed by atoms with Gasteiger partial charge >= 0.3 is 0 Å². The number of halogens is 2. The van der Waals surface area contributed by atoms with Gasteiger partial charge in [-0.25, -0.2) is 8.78 Å². The summed E-state index contributed by atoms with van der Waals surface area (Å²) >= 11 is 0. The Balaban J connectivity index is 2.74. The Morgan fingerprint density at radius 3 is 2.41 bits per heavy atom. The quantitative estimate of drug-likeness (QED) is 0.198. The smallest absolute Gasteiger partial charge is 0.271 e. The molecule has 0 aliphatic rings. The first kappa shape index (κ1) is 29.6. The summed E-state index contributed by atoms with van der Waals surface area (Å²) in [5, 5.41) is 2.93. The summed E-state index contributed by atoms with van der Waals surface area (Å²) in [6.45, 7) is 19.8. The number of nitrogens with zero attached hydrogens (tertiary/aromatic N) is 1. The second-order valence-electron chi connectivity index (χ2n) is 9.43. The minimum absolute atomic E-state index is 0.192. The lowest BCUT2D eigenvalue weighted by Crippen LogP contribution is -2.37. The van der Waals surface area contributed by atoms with Crippen LogP contribution >= 0.6 is 0 Å². The van der Waals surface area contributed by atoms with E-state index in [0.717, 1.165) is 74.9 Å². The molecule has 0 aliphatic carbocycles. The number of hydrogen-bond acceptors (Lipinski definition) is 2. The van der Waals surface area contributed by atoms with Crippen LogP contribution in [-0.4, -0.2) is 23.9 Å². The molecule has 190 valence electrons. The number of nitrogens with one attached hydrogen (secondary N) is 1. The Morgan fingerprint density at radius 2 is 1.85 bits per heavy atom. The van der Waals surface area contributed by atoms with Gasteiger partial charge in [0.2, 0.25) is 0 Å². The van der Waals surface area contributed by atoms with Crippen molar-refractivity contribution in [3.05, 3.63) is 71.6 Å². The molecule has 0 aliphatic heterocycles. The highest BCUT2D eigenvalue weighted by molar-refractivity contribution is 5.93. The van der Waals surface area contributed by atoms with Crippen molar-refractivity contribution in [1.82, 2.24) is 10.2 Å². The van der Waals surface area contributed by atoms with E-state index in [1.165, 1.54) is 12.1 Å². The molecule has 0 aromatic heterocycles. The predicted octanol–water partition coefficient (Wildman–Crippen LogP) is 7.55. The van der Waals surface area contributed by atoms with Gasteiger partial charge in [-0.1, -0.05) is 65.3 Å². The van der Waals surface area contributed by atoms with Gasteiger partial charge in [-0.3, -0.25) is 4.79 Å². The summed E-state index contributed by atoms with van der Waals surface area (Å²) in [5.41, 5.74) is 2.84. The van der Waals surface area contributed by atoms with Crippen molar-refractivity contribution in [2.24, 2.45) is 11.8 Å². The summed E-state index contributed by atoms with van der Waals surface area (Å²) < 4.78 is 26.7. The van der Waals surface area contributed by atoms with Crippen molar-refractivity contribution in [2.45, 2.75) is 79.6 Å². The van der Waals surface area contributed by atoms with Gasteiger partial charge in [0.05, 0.1) is 5.70 Å². The minimum Gasteiger partial charge on any atom is -0.367 e. The number of allylic oxidation sites excluding steroid dienone is 2. The summed E-state index contributed by atoms with van der Waals surface area (Å²) in [4.78, 5) is 15.0. The fourth-order valence-corrected chi connectivity index (χ4v) is 4.08. The molecule has 3 nitrogen and oxygen atoms in total. The van der Waals surface area contributed by atoms with Crippen molar-refractivity contribution in [1.29, 1.82) is 0 Å². The Hall–Kier alpha value is -2.43. The highest BCUT2D eigenvalue weighted by atomic mass is 19.2. The molecule has 0 radical (unpaired) electrons. The summed E-state index contributed by atoms with van der Waals surface area (Å²) in [7, 11) is 0. The number of hydrogen-bond donors (Lipinski definition) is 1. The molecule has 2 unspecified atom stereocenters. The van der Waals surface area contributed by atoms with Crippen LogP contribution in [0.15, 0.2) is 54.4 Å². The molecule has 1 aromatic rings. The Kier molecular flexibility index (Phi) is 13.5. The highest BCUT2D eigenvalue weighted by Gasteiger charge is 2.19. The lowest BCUT2D eigenvalue weighted by molar-refractivity contribution is -0.118. The first-order valence-electron chi connectivity index (χ1n) is 12.6. The first-order chi connectivity index (χ1) is 16.1. The van der Waals surface area contributed by atoms with Gasteiger partial charge in [-0.2, -0.15) is 0 Å². The van der Waals surface area contributed by atoms with Crippen molar-refractivity contribution in [2.75, 3.05) is 13.1 Å². The lowest BCUT2D eigenvalue weighted by Gasteiger charge is -2.29. The van der Waals surface area contributed by atoms with Crippen LogP contribution in [0.4, 0.5) is 8.78 Å². The van der Waals surface area contributed by atoms with Gasteiger partial charge in [-0.15, -0.1) is 0 Å². The standard InChI is InChI=1S/C29H44F2N2O/c1-8-12-24(14-15-25-16-17-26(30)27(31)19-25)13-11-18-33(20-22(6)9-2)23(7)29(34)32-28(10-3)21(4)5/h10,16-17,19,22,24H,4,7-9,11-15,18,20H2,1-3,5-6H3,(H,32,34)/b28-10-. The Morgan fingerprint density at radius 1 is 1.15 bits per heavy atom. The number of benzene rings is 1. The van der Waals surface area contributed by atoms with Gasteiger partial charge < -0.3 is 10.2 Å². The van der Waals surface area contributed by atoms with Crippen LogP contribution in [0, 0.1) is 23.5 Å². The molecular weight excluding hydrogens is 430 g/mol. The third-order valence-corrected chi connectivity index (χ3v) is 6.43. The normalized spacial score (nSPS) is 13.3. The molecule has 1 rings (SSSR count). The number of carbonyl (C=O) groups is 1. The molecule has 34 heavy (non-hydrogen) atoms. The van der Waals surface area contributed by atoms with Crippen molar-refractivity contribution in [3.63, 3.8) is 0 Å². The molecule has 1 amide bonds. The number of amides is 1. The third kappa shape index (κ3) is 10.2. The van der Waals surface area contributed by atoms with Crippen molar-refractivity contribution in [3.8, 4) is 0 Å². The monoisotopic (exact) mass is 474 g/mol. The maximum atomic E-state index is 13.5. The van der Waals surface area contributed by atoms with Gasteiger partial charge in [0, 0.05) is 18.8 Å². The molecule has 1 aromatic carbocycles. The van der Waals surface area contributed by atoms with Crippen LogP contribution in [0.3, 0.4) is 0 Å². The zero-order chi connectivity index (χ0) is 25.7. The fourth-order valence-electron chi connectivity index (χ4n) is 4.08. The van der Waals surface area contributed by atoms with Crippen LogP contribution in [0.2, 0.25) is 0 Å². The minimum atomic E-state index is -0.802. The van der Waals surface area contributed by atoms with E-state index < -0.39 is 11.6 Å². The van der Waals surface area contributed by atoms with Crippen molar-refractivity contribution < 1.29 is 13.6 Å². The topological polar surface area (TPSA) is 32.3 Å². The van der Waals surface area contributed by atoms with Crippen LogP contribution in [0.1, 0.15) is 78.7 Å². The molecule has 0 saturated carbocycles. The van der Waals surface area contributed by atoms with Gasteiger partial charge in [0.1, 0.15) is 0 Å². The van der Waals surface area contributed by atoms with E-state index in [4.69, 9.17) is 0 Å². The van der Waals surface area contributed by atoms with Gasteiger partial charge in [0.25, 0.3) is 5.91 Å². The lowest BCUT2D eigenvalue weighted by atomic mass is 9.91. The predicted molar refractivity (Wildman–Crippen MR) is 139 cm³/mol. The molecule has 0 spiro atoms. The molecule has 1 N–H and O–H groups in total. The van der Waals surface area contributed by atoms with E-state index in [2.05, 4.69) is 44.1 Å². The Bertz CT molecular complexity index is 847. The fraction of sp³-hybridized carbons (Fsp3) is 0.552. The SMILES string of the molecule is C=C(C)/C(=C/C)NC(=O)C(=C)N(CCCC(CCC)CCc1ccc(F)c(F)c1)CC(C)CC. The second-order valence-corrected chi connectivity index (χ2v) is 9.43. The summed E-state index contributed by atoms with van der Waals surface area (Å²) in [6, 6.07) is 4.18. The zero-order valence-corrected chi connectivity index (χ0v) is 21.9. The average molecular weight is 475 g/mol. The van der Waals surface area contributed by atoms with E-state index in [0.29, 0.717) is 17.5 Å². The largest absolute Gasteiger partial charge is 0.367 e. The van der Waals surface area contributed by atoms with Crippen LogP contribution < -0.4 is 5.32 Å². The van der Waals surface area contributed by atoms with E-state index in [1.54, 1.807) is 6.07 Å². The molecule has 5 heteroatoms. The molecule has 2 atom stereocenters. The Labute approximate surface area is 206 Å². The number of carbonyl (C=O) groups excluding carboxylic acids is 1. The van der Waals surface area contributed by atoms with E-state index in [1.807, 2.05) is 19.9 Å². The van der Waals surface area contributed by atoms with E-state index in [-0.39, 0.29) is 5.91 Å². The van der Waals surface area contributed by atoms with Crippen molar-refractivity contribution >= 4 is 5.91 Å². The second kappa shape index (κ2) is 15.5. The maximum absolute atomic E-state index is 13.5. The maximum Gasteiger partial charge on any atom is 0.271 e.